The van der Waals surface area contributed by atoms with Crippen molar-refractivity contribution < 1.29 is 37.3 Å². The first-order valence-corrected chi connectivity index (χ1v) is 18.3. The Labute approximate surface area is 298 Å². The number of para-hydroxylation sites is 1. The number of aliphatic carboxylic acids is 1. The number of ether oxygens (including phenoxy) is 3. The number of fused-ring (bicyclic) bond motifs is 1. The summed E-state index contributed by atoms with van der Waals surface area (Å²) in [6.07, 6.45) is 2.87. The van der Waals surface area contributed by atoms with Gasteiger partial charge in [-0.2, -0.15) is 0 Å². The van der Waals surface area contributed by atoms with Gasteiger partial charge in [0, 0.05) is 59.2 Å². The number of methoxy groups -OCH3 is 2. The zero-order valence-electron chi connectivity index (χ0n) is 27.5. The van der Waals surface area contributed by atoms with Crippen molar-refractivity contribution in [1.29, 1.82) is 0 Å². The van der Waals surface area contributed by atoms with Gasteiger partial charge in [0.15, 0.2) is 0 Å². The van der Waals surface area contributed by atoms with Crippen LogP contribution in [0.1, 0.15) is 24.0 Å². The monoisotopic (exact) mass is 800 g/mol. The van der Waals surface area contributed by atoms with Crippen LogP contribution in [0.15, 0.2) is 81.0 Å². The van der Waals surface area contributed by atoms with Gasteiger partial charge in [0.1, 0.15) is 16.4 Å². The lowest BCUT2D eigenvalue weighted by atomic mass is 9.68. The number of carboxylic acids is 1. The van der Waals surface area contributed by atoms with Crippen LogP contribution in [-0.4, -0.2) is 99.0 Å². The smallest absolute Gasteiger partial charge is 0.330 e. The molecule has 3 aliphatic rings. The number of benzene rings is 2. The minimum absolute atomic E-state index is 0.0924. The highest BCUT2D eigenvalue weighted by Gasteiger charge is 2.65. The number of amides is 1. The fraction of sp³-hybridized carbons (Fsp3) is 0.343. The molecule has 3 aromatic rings. The number of hydrogen-bond donors (Lipinski definition) is 2. The Kier molecular flexibility index (Phi) is 9.66. The van der Waals surface area contributed by atoms with E-state index in [0.717, 1.165) is 13.1 Å². The molecule has 258 valence electrons. The summed E-state index contributed by atoms with van der Waals surface area (Å²) in [6.45, 7) is 4.65. The molecular formula is C35H37IN4O8S. The quantitative estimate of drug-likeness (QED) is 0.281. The van der Waals surface area contributed by atoms with Gasteiger partial charge < -0.3 is 34.4 Å². The van der Waals surface area contributed by atoms with Crippen molar-refractivity contribution in [2.45, 2.75) is 22.5 Å². The number of aromatic nitrogens is 1. The third-order valence-corrected chi connectivity index (χ3v) is 12.5. The molecule has 3 heterocycles. The van der Waals surface area contributed by atoms with Crippen LogP contribution in [0.25, 0.3) is 5.57 Å². The molecule has 14 heteroatoms. The van der Waals surface area contributed by atoms with E-state index >= 15 is 8.42 Å². The molecule has 3 atom stereocenters. The van der Waals surface area contributed by atoms with Crippen molar-refractivity contribution in [1.82, 2.24) is 14.8 Å². The minimum atomic E-state index is -4.93. The fourth-order valence-corrected chi connectivity index (χ4v) is 10.5. The molecule has 1 saturated heterocycles. The first-order valence-electron chi connectivity index (χ1n) is 15.7. The largest absolute Gasteiger partial charge is 0.497 e. The lowest BCUT2D eigenvalue weighted by Crippen LogP contribution is -2.56. The van der Waals surface area contributed by atoms with E-state index in [1.54, 1.807) is 49.5 Å². The van der Waals surface area contributed by atoms with E-state index in [4.69, 9.17) is 14.2 Å². The van der Waals surface area contributed by atoms with Crippen LogP contribution in [0, 0.1) is 5.92 Å². The number of carbonyl (C=O) groups is 2. The number of sulfone groups is 1. The molecule has 49 heavy (non-hydrogen) atoms. The number of halogens is 1. The van der Waals surface area contributed by atoms with E-state index in [9.17, 15) is 14.7 Å². The number of anilines is 1. The van der Waals surface area contributed by atoms with Gasteiger partial charge >= 0.3 is 5.97 Å². The van der Waals surface area contributed by atoms with Crippen molar-refractivity contribution in [2.75, 3.05) is 59.4 Å². The summed E-state index contributed by atoms with van der Waals surface area (Å²) in [6, 6.07) is 14.5. The zero-order chi connectivity index (χ0) is 35.1. The number of carboxylic acid groups (broad SMARTS) is 1. The molecular weight excluding hydrogens is 763 g/mol. The molecule has 0 radical (unpaired) electrons. The normalized spacial score (nSPS) is 22.7. The summed E-state index contributed by atoms with van der Waals surface area (Å²) in [5.41, 5.74) is 2.37. The van der Waals surface area contributed by atoms with Crippen molar-refractivity contribution in [3.8, 4) is 17.4 Å². The van der Waals surface area contributed by atoms with Crippen LogP contribution in [0.5, 0.6) is 17.4 Å². The molecule has 2 N–H and O–H groups in total. The van der Waals surface area contributed by atoms with E-state index < -0.39 is 38.3 Å². The highest BCUT2D eigenvalue weighted by Crippen LogP contribution is 2.58. The average Bonchev–Trinajstić information content (AvgIpc) is 3.43. The number of likely N-dealkylation sites (N-methyl/N-ethyl adjacent to an activating group) is 1. The van der Waals surface area contributed by atoms with Gasteiger partial charge in [0.2, 0.25) is 26.4 Å². The Morgan fingerprint density at radius 3 is 2.49 bits per heavy atom. The lowest BCUT2D eigenvalue weighted by Gasteiger charge is -2.46. The van der Waals surface area contributed by atoms with Crippen LogP contribution >= 0.6 is 22.6 Å². The van der Waals surface area contributed by atoms with Crippen LogP contribution < -0.4 is 19.5 Å². The molecule has 12 nitrogen and oxygen atoms in total. The number of nitrogens with one attached hydrogen (secondary N) is 1. The maximum Gasteiger partial charge on any atom is 0.330 e. The number of rotatable bonds is 10. The standard InChI is InChI=1S/C35H37IN4O8S/c1-5-48-33-23(10-8-14-37-33)28-30(29-22-9-6-7-11-25(22)38-32(29)41)35(34(42)43,20-24(36)31(28)40-17-15-39(2)16-18-40)49(44,45)27-13-12-21(46-3)19-26(27)47-4/h6-14,19-20,29-30H,5,15-18H2,1-4H3,(H,38,41)(H,42,43). The van der Waals surface area contributed by atoms with Crippen molar-refractivity contribution >= 4 is 55.6 Å². The molecule has 1 aromatic heterocycles. The molecule has 1 fully saturated rings. The van der Waals surface area contributed by atoms with Gasteiger partial charge in [0.05, 0.1) is 32.4 Å². The number of hydrogen-bond acceptors (Lipinski definition) is 10. The summed E-state index contributed by atoms with van der Waals surface area (Å²) in [5, 5.41) is 14.4. The molecule has 0 spiro atoms. The highest BCUT2D eigenvalue weighted by atomic mass is 127. The van der Waals surface area contributed by atoms with Gasteiger partial charge in [-0.15, -0.1) is 0 Å². The minimum Gasteiger partial charge on any atom is -0.497 e. The lowest BCUT2D eigenvalue weighted by molar-refractivity contribution is -0.140. The summed E-state index contributed by atoms with van der Waals surface area (Å²) in [5.74, 6) is -4.46. The summed E-state index contributed by atoms with van der Waals surface area (Å²) in [7, 11) is -0.168. The Balaban J connectivity index is 1.76. The topological polar surface area (TPSA) is 148 Å². The van der Waals surface area contributed by atoms with Gasteiger partial charge in [-0.05, 0) is 84.1 Å². The molecule has 1 amide bonds. The second-order valence-corrected chi connectivity index (χ2v) is 15.3. The second kappa shape index (κ2) is 13.6. The Morgan fingerprint density at radius 2 is 1.82 bits per heavy atom. The summed E-state index contributed by atoms with van der Waals surface area (Å²) in [4.78, 5) is 36.9. The number of carbonyl (C=O) groups excluding carboxylic acids is 1. The van der Waals surface area contributed by atoms with Gasteiger partial charge in [-0.1, -0.05) is 18.2 Å². The summed E-state index contributed by atoms with van der Waals surface area (Å²) < 4.78 is 45.4. The van der Waals surface area contributed by atoms with Crippen LogP contribution in [0.3, 0.4) is 0 Å². The Morgan fingerprint density at radius 1 is 1.08 bits per heavy atom. The first kappa shape index (κ1) is 34.7. The van der Waals surface area contributed by atoms with Gasteiger partial charge in [-0.25, -0.2) is 13.4 Å². The van der Waals surface area contributed by atoms with E-state index in [-0.39, 0.29) is 23.1 Å². The van der Waals surface area contributed by atoms with Gasteiger partial charge in [0.25, 0.3) is 0 Å². The maximum atomic E-state index is 15.4. The van der Waals surface area contributed by atoms with E-state index in [0.29, 0.717) is 50.5 Å². The third kappa shape index (κ3) is 5.72. The van der Waals surface area contributed by atoms with Crippen molar-refractivity contribution in [3.63, 3.8) is 0 Å². The first-order chi connectivity index (χ1) is 23.5. The van der Waals surface area contributed by atoms with Crippen LogP contribution in [0.2, 0.25) is 0 Å². The summed E-state index contributed by atoms with van der Waals surface area (Å²) >= 11 is 2.03. The molecule has 3 unspecified atom stereocenters. The zero-order valence-corrected chi connectivity index (χ0v) is 30.4. The van der Waals surface area contributed by atoms with Crippen LogP contribution in [0.4, 0.5) is 5.69 Å². The molecule has 2 aromatic carbocycles. The number of allylic oxidation sites excluding steroid dienone is 2. The molecule has 6 rings (SSSR count). The SMILES string of the molecule is CCOc1ncccc1C1=C(N2CCN(C)CC2)C(I)=CC(C(=O)O)(S(=O)(=O)c2ccc(OC)cc2OC)C1C1C(=O)Nc2ccccc21. The molecule has 2 aliphatic heterocycles. The number of pyridine rings is 1. The van der Waals surface area contributed by atoms with Crippen molar-refractivity contribution in [2.24, 2.45) is 5.92 Å². The predicted molar refractivity (Wildman–Crippen MR) is 192 cm³/mol. The van der Waals surface area contributed by atoms with E-state index in [1.165, 1.54) is 38.5 Å². The van der Waals surface area contributed by atoms with E-state index in [1.807, 2.05) is 29.6 Å². The van der Waals surface area contributed by atoms with Crippen LogP contribution in [-0.2, 0) is 19.4 Å². The Hall–Kier alpha value is -4.15. The average molecular weight is 801 g/mol. The van der Waals surface area contributed by atoms with E-state index in [2.05, 4.69) is 20.1 Å². The number of piperazine rings is 1. The third-order valence-electron chi connectivity index (χ3n) is 9.37. The Bertz CT molecular complexity index is 1980. The van der Waals surface area contributed by atoms with Crippen molar-refractivity contribution in [3.05, 3.63) is 87.3 Å². The molecule has 0 saturated carbocycles. The number of nitrogens with zero attached hydrogens (tertiary/aromatic N) is 3. The van der Waals surface area contributed by atoms with Gasteiger partial charge in [-0.3, -0.25) is 9.59 Å². The maximum absolute atomic E-state index is 15.4. The molecule has 0 bridgehead atoms. The predicted octanol–water partition coefficient (Wildman–Crippen LogP) is 4.44. The molecule has 1 aliphatic carbocycles. The highest BCUT2D eigenvalue weighted by molar-refractivity contribution is 14.1. The second-order valence-electron chi connectivity index (χ2n) is 12.0. The fourth-order valence-electron chi connectivity index (χ4n) is 7.04.